The quantitative estimate of drug-likeness (QED) is 0.793. The second kappa shape index (κ2) is 7.48. The maximum atomic E-state index is 9.75. The highest BCUT2D eigenvalue weighted by Crippen LogP contribution is 2.25. The van der Waals surface area contributed by atoms with E-state index in [1.54, 1.807) is 0 Å². The smallest absolute Gasteiger partial charge is 0.125 e. The Balaban J connectivity index is 2.58. The van der Waals surface area contributed by atoms with Crippen LogP contribution in [0.2, 0.25) is 0 Å². The van der Waals surface area contributed by atoms with E-state index in [1.807, 2.05) is 39.8 Å². The van der Waals surface area contributed by atoms with Crippen molar-refractivity contribution in [2.45, 2.75) is 46.5 Å². The standard InChI is InChI=1S/C15H24O4/c1-10(2)18-8-14(17)9-19-15-11(3)5-13(7-16)6-12(15)4/h5-6,10,14,16-17H,7-9H2,1-4H3. The first-order valence-electron chi connectivity index (χ1n) is 6.57. The summed E-state index contributed by atoms with van der Waals surface area (Å²) in [6, 6.07) is 3.78. The molecule has 0 amide bonds. The summed E-state index contributed by atoms with van der Waals surface area (Å²) in [6.07, 6.45) is -0.541. The Morgan fingerprint density at radius 2 is 1.68 bits per heavy atom. The van der Waals surface area contributed by atoms with Crippen LogP contribution in [0.3, 0.4) is 0 Å². The SMILES string of the molecule is Cc1cc(CO)cc(C)c1OCC(O)COC(C)C. The fourth-order valence-corrected chi connectivity index (χ4v) is 1.89. The number of rotatable bonds is 7. The van der Waals surface area contributed by atoms with Crippen LogP contribution in [-0.2, 0) is 11.3 Å². The van der Waals surface area contributed by atoms with Crippen LogP contribution in [0, 0.1) is 13.8 Å². The third-order valence-electron chi connectivity index (χ3n) is 2.74. The normalized spacial score (nSPS) is 12.8. The number of benzene rings is 1. The van der Waals surface area contributed by atoms with Gasteiger partial charge in [0.15, 0.2) is 0 Å². The Labute approximate surface area is 115 Å². The zero-order chi connectivity index (χ0) is 14.4. The maximum absolute atomic E-state index is 9.75. The molecule has 0 aliphatic carbocycles. The lowest BCUT2D eigenvalue weighted by molar-refractivity contribution is -0.0124. The van der Waals surface area contributed by atoms with Crippen molar-refractivity contribution in [2.24, 2.45) is 0 Å². The van der Waals surface area contributed by atoms with Crippen molar-refractivity contribution < 1.29 is 19.7 Å². The highest BCUT2D eigenvalue weighted by atomic mass is 16.5. The lowest BCUT2D eigenvalue weighted by Gasteiger charge is -2.17. The molecule has 0 radical (unpaired) electrons. The van der Waals surface area contributed by atoms with E-state index in [9.17, 15) is 5.11 Å². The molecular formula is C15H24O4. The van der Waals surface area contributed by atoms with Crippen molar-refractivity contribution in [2.75, 3.05) is 13.2 Å². The molecule has 0 fully saturated rings. The van der Waals surface area contributed by atoms with Crippen molar-refractivity contribution >= 4 is 0 Å². The lowest BCUT2D eigenvalue weighted by Crippen LogP contribution is -2.25. The van der Waals surface area contributed by atoms with Crippen LogP contribution in [0.1, 0.15) is 30.5 Å². The molecule has 1 aromatic rings. The summed E-state index contributed by atoms with van der Waals surface area (Å²) in [5.74, 6) is 0.765. The molecule has 1 atom stereocenters. The Bertz CT molecular complexity index is 378. The van der Waals surface area contributed by atoms with E-state index in [0.29, 0.717) is 0 Å². The van der Waals surface area contributed by atoms with Crippen molar-refractivity contribution in [3.8, 4) is 5.75 Å². The van der Waals surface area contributed by atoms with Crippen molar-refractivity contribution in [3.63, 3.8) is 0 Å². The highest BCUT2D eigenvalue weighted by molar-refractivity contribution is 5.43. The lowest BCUT2D eigenvalue weighted by atomic mass is 10.1. The third-order valence-corrected chi connectivity index (χ3v) is 2.74. The molecule has 0 aliphatic heterocycles. The summed E-state index contributed by atoms with van der Waals surface area (Å²) in [4.78, 5) is 0. The summed E-state index contributed by atoms with van der Waals surface area (Å²) in [5, 5.41) is 18.9. The van der Waals surface area contributed by atoms with E-state index >= 15 is 0 Å². The van der Waals surface area contributed by atoms with E-state index in [2.05, 4.69) is 0 Å². The van der Waals surface area contributed by atoms with Gasteiger partial charge in [0.05, 0.1) is 19.3 Å². The Hall–Kier alpha value is -1.10. The number of ether oxygens (including phenoxy) is 2. The van der Waals surface area contributed by atoms with Crippen LogP contribution in [0.15, 0.2) is 12.1 Å². The third kappa shape index (κ3) is 5.19. The minimum atomic E-state index is -0.640. The molecule has 0 aromatic heterocycles. The number of hydrogen-bond acceptors (Lipinski definition) is 4. The van der Waals surface area contributed by atoms with Gasteiger partial charge in [-0.3, -0.25) is 0 Å². The van der Waals surface area contributed by atoms with E-state index in [0.717, 1.165) is 22.4 Å². The summed E-state index contributed by atoms with van der Waals surface area (Å²) >= 11 is 0. The fourth-order valence-electron chi connectivity index (χ4n) is 1.89. The highest BCUT2D eigenvalue weighted by Gasteiger charge is 2.10. The predicted molar refractivity (Wildman–Crippen MR) is 74.4 cm³/mol. The van der Waals surface area contributed by atoms with Gasteiger partial charge in [0.2, 0.25) is 0 Å². The van der Waals surface area contributed by atoms with E-state index in [-0.39, 0.29) is 25.9 Å². The van der Waals surface area contributed by atoms with Crippen molar-refractivity contribution in [3.05, 3.63) is 28.8 Å². The van der Waals surface area contributed by atoms with Gasteiger partial charge in [0.25, 0.3) is 0 Å². The van der Waals surface area contributed by atoms with Gasteiger partial charge < -0.3 is 19.7 Å². The van der Waals surface area contributed by atoms with Crippen molar-refractivity contribution in [1.82, 2.24) is 0 Å². The Kier molecular flexibility index (Phi) is 6.28. The zero-order valence-corrected chi connectivity index (χ0v) is 12.1. The summed E-state index contributed by atoms with van der Waals surface area (Å²) in [7, 11) is 0. The van der Waals surface area contributed by atoms with Gasteiger partial charge in [-0.2, -0.15) is 0 Å². The van der Waals surface area contributed by atoms with Gasteiger partial charge in [0, 0.05) is 0 Å². The first-order chi connectivity index (χ1) is 8.93. The molecule has 0 bridgehead atoms. The van der Waals surface area contributed by atoms with Crippen LogP contribution in [0.5, 0.6) is 5.75 Å². The minimum absolute atomic E-state index is 0.0206. The number of aliphatic hydroxyl groups excluding tert-OH is 2. The summed E-state index contributed by atoms with van der Waals surface area (Å²) < 4.78 is 11.0. The van der Waals surface area contributed by atoms with Crippen LogP contribution in [-0.4, -0.2) is 35.6 Å². The molecule has 19 heavy (non-hydrogen) atoms. The maximum Gasteiger partial charge on any atom is 0.125 e. The van der Waals surface area contributed by atoms with Crippen LogP contribution < -0.4 is 4.74 Å². The average Bonchev–Trinajstić information content (AvgIpc) is 2.34. The van der Waals surface area contributed by atoms with Gasteiger partial charge in [-0.1, -0.05) is 12.1 Å². The molecule has 4 nitrogen and oxygen atoms in total. The second-order valence-corrected chi connectivity index (χ2v) is 5.06. The van der Waals surface area contributed by atoms with Gasteiger partial charge in [0.1, 0.15) is 18.5 Å². The topological polar surface area (TPSA) is 58.9 Å². The molecule has 1 unspecified atom stereocenters. The van der Waals surface area contributed by atoms with Gasteiger partial charge in [-0.25, -0.2) is 0 Å². The van der Waals surface area contributed by atoms with Crippen LogP contribution in [0.25, 0.3) is 0 Å². The molecule has 0 saturated carbocycles. The Morgan fingerprint density at radius 1 is 1.11 bits per heavy atom. The molecular weight excluding hydrogens is 244 g/mol. The minimum Gasteiger partial charge on any atom is -0.490 e. The largest absolute Gasteiger partial charge is 0.490 e. The van der Waals surface area contributed by atoms with Crippen LogP contribution in [0.4, 0.5) is 0 Å². The number of aryl methyl sites for hydroxylation is 2. The zero-order valence-electron chi connectivity index (χ0n) is 12.1. The molecule has 108 valence electrons. The van der Waals surface area contributed by atoms with E-state index in [1.165, 1.54) is 0 Å². The van der Waals surface area contributed by atoms with E-state index < -0.39 is 6.10 Å². The fraction of sp³-hybridized carbons (Fsp3) is 0.600. The monoisotopic (exact) mass is 268 g/mol. The van der Waals surface area contributed by atoms with Crippen LogP contribution >= 0.6 is 0 Å². The van der Waals surface area contributed by atoms with Gasteiger partial charge in [-0.05, 0) is 44.4 Å². The number of aliphatic hydroxyl groups is 2. The molecule has 0 heterocycles. The summed E-state index contributed by atoms with van der Waals surface area (Å²) in [5.41, 5.74) is 2.79. The predicted octanol–water partition coefficient (Wildman–Crippen LogP) is 1.96. The van der Waals surface area contributed by atoms with Gasteiger partial charge in [-0.15, -0.1) is 0 Å². The first-order valence-corrected chi connectivity index (χ1v) is 6.57. The molecule has 0 spiro atoms. The summed E-state index contributed by atoms with van der Waals surface area (Å²) in [6.45, 7) is 8.20. The number of hydrogen-bond donors (Lipinski definition) is 2. The molecule has 2 N–H and O–H groups in total. The van der Waals surface area contributed by atoms with Gasteiger partial charge >= 0.3 is 0 Å². The average molecular weight is 268 g/mol. The molecule has 0 aliphatic rings. The molecule has 4 heteroatoms. The molecule has 1 aromatic carbocycles. The van der Waals surface area contributed by atoms with E-state index in [4.69, 9.17) is 14.6 Å². The molecule has 0 saturated heterocycles. The first kappa shape index (κ1) is 16.0. The van der Waals surface area contributed by atoms with Crippen molar-refractivity contribution in [1.29, 1.82) is 0 Å². The molecule has 1 rings (SSSR count). The Morgan fingerprint density at radius 3 is 2.16 bits per heavy atom. The second-order valence-electron chi connectivity index (χ2n) is 5.06.